The Bertz CT molecular complexity index is 834. The van der Waals surface area contributed by atoms with Crippen molar-refractivity contribution < 1.29 is 23.5 Å². The van der Waals surface area contributed by atoms with E-state index in [9.17, 15) is 14.2 Å². The van der Waals surface area contributed by atoms with Gasteiger partial charge in [-0.05, 0) is 20.3 Å². The van der Waals surface area contributed by atoms with Crippen molar-refractivity contribution in [2.24, 2.45) is 5.41 Å². The predicted molar refractivity (Wildman–Crippen MR) is 88.7 cm³/mol. The lowest BCUT2D eigenvalue weighted by atomic mass is 9.95. The zero-order valence-corrected chi connectivity index (χ0v) is 15.0. The maximum absolute atomic E-state index is 12.2. The summed E-state index contributed by atoms with van der Waals surface area (Å²) in [6, 6.07) is 0. The predicted octanol–water partition coefficient (Wildman–Crippen LogP) is 0.492. The van der Waals surface area contributed by atoms with Crippen molar-refractivity contribution in [2.75, 3.05) is 13.2 Å². The highest BCUT2D eigenvalue weighted by atomic mass is 31.1. The topological polar surface area (TPSA) is 120 Å². The van der Waals surface area contributed by atoms with Crippen LogP contribution in [0.3, 0.4) is 0 Å². The zero-order valence-electron chi connectivity index (χ0n) is 14.0. The molecule has 2 fully saturated rings. The van der Waals surface area contributed by atoms with E-state index in [2.05, 4.69) is 11.6 Å². The maximum atomic E-state index is 12.2. The van der Waals surface area contributed by atoms with Crippen molar-refractivity contribution in [3.05, 3.63) is 45.3 Å². The van der Waals surface area contributed by atoms with Crippen LogP contribution in [0.5, 0.6) is 0 Å². The molecule has 10 heteroatoms. The minimum atomic E-state index is -3.12. The molecule has 5 atom stereocenters. The second-order valence-corrected chi connectivity index (χ2v) is 7.15. The third-order valence-electron chi connectivity index (χ3n) is 4.97. The van der Waals surface area contributed by atoms with Gasteiger partial charge in [0, 0.05) is 18.4 Å². The quantitative estimate of drug-likeness (QED) is 0.528. The number of aromatic nitrogens is 2. The molecule has 3 rings (SSSR count). The van der Waals surface area contributed by atoms with Gasteiger partial charge in [0.15, 0.2) is 6.23 Å². The summed E-state index contributed by atoms with van der Waals surface area (Å²) < 4.78 is 29.1. The van der Waals surface area contributed by atoms with Gasteiger partial charge < -0.3 is 18.9 Å². The number of nitrogens with one attached hydrogen (secondary N) is 1. The van der Waals surface area contributed by atoms with E-state index >= 15 is 0 Å². The van der Waals surface area contributed by atoms with E-state index in [1.807, 2.05) is 6.92 Å². The number of rotatable bonds is 7. The Morgan fingerprint density at radius 1 is 1.60 bits per heavy atom. The average molecular weight is 372 g/mol. The van der Waals surface area contributed by atoms with Gasteiger partial charge in [0.25, 0.3) is 5.56 Å². The molecule has 0 radical (unpaired) electrons. The van der Waals surface area contributed by atoms with E-state index in [4.69, 9.17) is 18.9 Å². The lowest BCUT2D eigenvalue weighted by Gasteiger charge is -2.26. The third-order valence-corrected chi connectivity index (χ3v) is 5.36. The van der Waals surface area contributed by atoms with E-state index in [-0.39, 0.29) is 6.61 Å². The molecule has 2 aliphatic rings. The van der Waals surface area contributed by atoms with Crippen LogP contribution in [0.2, 0.25) is 0 Å². The van der Waals surface area contributed by atoms with E-state index in [1.54, 1.807) is 13.0 Å². The Kier molecular flexibility index (Phi) is 4.63. The lowest BCUT2D eigenvalue weighted by molar-refractivity contribution is -0.107. The third kappa shape index (κ3) is 2.76. The molecule has 1 saturated carbocycles. The first-order valence-electron chi connectivity index (χ1n) is 7.91. The van der Waals surface area contributed by atoms with Gasteiger partial charge in [0.2, 0.25) is 0 Å². The van der Waals surface area contributed by atoms with Crippen LogP contribution in [-0.2, 0) is 18.6 Å². The van der Waals surface area contributed by atoms with Crippen LogP contribution < -0.4 is 11.2 Å². The SMILES string of the molecule is C=C[C@]12C[C@]1(CO[PH](=O)O)O[C@@H](n1cc(C)c(=O)[nH]c1=O)[C@@H]2OCC. The van der Waals surface area contributed by atoms with E-state index < -0.39 is 42.9 Å². The van der Waals surface area contributed by atoms with Crippen molar-refractivity contribution in [3.8, 4) is 0 Å². The normalized spacial score (nSPS) is 34.5. The smallest absolute Gasteiger partial charge is 0.330 e. The number of hydrogen-bond acceptors (Lipinski definition) is 6. The highest BCUT2D eigenvalue weighted by Gasteiger charge is 2.78. The van der Waals surface area contributed by atoms with Crippen LogP contribution in [0.1, 0.15) is 25.1 Å². The summed E-state index contributed by atoms with van der Waals surface area (Å²) in [7, 11) is -3.12. The monoisotopic (exact) mass is 372 g/mol. The number of hydrogen-bond donors (Lipinski definition) is 2. The molecular formula is C15H21N2O7P. The first-order valence-corrected chi connectivity index (χ1v) is 9.17. The molecule has 0 aromatic carbocycles. The van der Waals surface area contributed by atoms with Gasteiger partial charge >= 0.3 is 13.9 Å². The van der Waals surface area contributed by atoms with Crippen LogP contribution >= 0.6 is 8.25 Å². The summed E-state index contributed by atoms with van der Waals surface area (Å²) in [6.45, 7) is 7.53. The van der Waals surface area contributed by atoms with Crippen LogP contribution in [0.4, 0.5) is 0 Å². The first kappa shape index (κ1) is 18.3. The maximum Gasteiger partial charge on any atom is 0.330 e. The largest absolute Gasteiger partial charge is 0.373 e. The fourth-order valence-electron chi connectivity index (χ4n) is 3.65. The molecule has 0 amide bonds. The van der Waals surface area contributed by atoms with E-state index in [0.717, 1.165) is 0 Å². The summed E-state index contributed by atoms with van der Waals surface area (Å²) >= 11 is 0. The van der Waals surface area contributed by atoms with Gasteiger partial charge in [0.05, 0.1) is 12.0 Å². The van der Waals surface area contributed by atoms with Crippen molar-refractivity contribution in [3.63, 3.8) is 0 Å². The summed E-state index contributed by atoms with van der Waals surface area (Å²) in [5.41, 5.74) is -2.23. The number of ether oxygens (including phenoxy) is 2. The van der Waals surface area contributed by atoms with E-state index in [0.29, 0.717) is 18.6 Å². The number of nitrogens with zero attached hydrogens (tertiary/aromatic N) is 1. The second kappa shape index (κ2) is 6.34. The summed E-state index contributed by atoms with van der Waals surface area (Å²) in [6.07, 6.45) is 2.27. The van der Waals surface area contributed by atoms with Crippen molar-refractivity contribution >= 4 is 8.25 Å². The summed E-state index contributed by atoms with van der Waals surface area (Å²) in [4.78, 5) is 35.1. The lowest BCUT2D eigenvalue weighted by Crippen LogP contribution is -2.39. The number of fused-ring (bicyclic) bond motifs is 1. The van der Waals surface area contributed by atoms with Gasteiger partial charge in [-0.3, -0.25) is 18.9 Å². The number of H-pyrrole nitrogens is 1. The van der Waals surface area contributed by atoms with E-state index in [1.165, 1.54) is 10.8 Å². The molecule has 1 aliphatic heterocycles. The fraction of sp³-hybridized carbons (Fsp3) is 0.600. The fourth-order valence-corrected chi connectivity index (χ4v) is 4.00. The summed E-state index contributed by atoms with van der Waals surface area (Å²) in [5.74, 6) is 0. The minimum Gasteiger partial charge on any atom is -0.373 e. The van der Waals surface area contributed by atoms with Gasteiger partial charge in [-0.25, -0.2) is 4.79 Å². The van der Waals surface area contributed by atoms with Crippen molar-refractivity contribution in [2.45, 2.75) is 38.2 Å². The van der Waals surface area contributed by atoms with Gasteiger partial charge in [-0.15, -0.1) is 6.58 Å². The molecule has 9 nitrogen and oxygen atoms in total. The zero-order chi connectivity index (χ0) is 18.4. The Labute approximate surface area is 144 Å². The van der Waals surface area contributed by atoms with Crippen LogP contribution in [0, 0.1) is 12.3 Å². The Morgan fingerprint density at radius 2 is 2.32 bits per heavy atom. The standard InChI is InChI=1S/C15H21N2O7P/c1-4-14-7-15(14,8-23-25(20)21)24-12(10(14)22-5-2)17-6-9(3)11(18)16-13(17)19/h4,6,10,12,25H,1,5,7-8H2,2-3H3,(H,20,21)(H,16,18,19)/t10-,12+,14+,15+/m0/s1. The van der Waals surface area contributed by atoms with Crippen molar-refractivity contribution in [1.29, 1.82) is 0 Å². The highest BCUT2D eigenvalue weighted by molar-refractivity contribution is 7.32. The molecule has 1 saturated heterocycles. The Morgan fingerprint density at radius 3 is 2.92 bits per heavy atom. The molecule has 138 valence electrons. The molecule has 1 aromatic rings. The summed E-state index contributed by atoms with van der Waals surface area (Å²) in [5, 5.41) is 0. The Hall–Kier alpha value is -1.51. The molecule has 2 N–H and O–H groups in total. The second-order valence-electron chi connectivity index (χ2n) is 6.33. The van der Waals surface area contributed by atoms with Crippen LogP contribution in [-0.4, -0.2) is 39.4 Å². The van der Waals surface area contributed by atoms with Gasteiger partial charge in [-0.2, -0.15) is 0 Å². The van der Waals surface area contributed by atoms with Gasteiger partial charge in [0.1, 0.15) is 11.7 Å². The van der Waals surface area contributed by atoms with Crippen LogP contribution in [0.25, 0.3) is 0 Å². The minimum absolute atomic E-state index is 0.107. The number of aromatic amines is 1. The molecule has 2 heterocycles. The molecule has 0 spiro atoms. The molecule has 1 aliphatic carbocycles. The first-order chi connectivity index (χ1) is 11.8. The Balaban J connectivity index is 2.02. The van der Waals surface area contributed by atoms with Crippen LogP contribution in [0.15, 0.2) is 28.4 Å². The highest BCUT2D eigenvalue weighted by Crippen LogP contribution is 2.70. The molecule has 1 aromatic heterocycles. The van der Waals surface area contributed by atoms with Crippen molar-refractivity contribution in [1.82, 2.24) is 9.55 Å². The van der Waals surface area contributed by atoms with Gasteiger partial charge in [-0.1, -0.05) is 6.08 Å². The molecular weight excluding hydrogens is 351 g/mol. The molecule has 1 unspecified atom stereocenters. The molecule has 25 heavy (non-hydrogen) atoms. The number of aryl methyl sites for hydroxylation is 1. The molecule has 0 bridgehead atoms. The average Bonchev–Trinajstić information content (AvgIpc) is 3.14.